The highest BCUT2D eigenvalue weighted by Crippen LogP contribution is 2.23. The summed E-state index contributed by atoms with van der Waals surface area (Å²) in [4.78, 5) is 4.34. The molecule has 3 aromatic heterocycles. The second kappa shape index (κ2) is 6.67. The third-order valence-electron chi connectivity index (χ3n) is 3.80. The van der Waals surface area contributed by atoms with Gasteiger partial charge in [-0.25, -0.2) is 0 Å². The van der Waals surface area contributed by atoms with E-state index in [1.165, 1.54) is 0 Å². The highest BCUT2D eigenvalue weighted by molar-refractivity contribution is 5.61. The van der Waals surface area contributed by atoms with Gasteiger partial charge in [-0.15, -0.1) is 15.3 Å². The summed E-state index contributed by atoms with van der Waals surface area (Å²) in [6.07, 6.45) is 1.66. The van der Waals surface area contributed by atoms with Crippen molar-refractivity contribution in [2.45, 2.75) is 0 Å². The maximum Gasteiger partial charge on any atom is 0.203 e. The quantitative estimate of drug-likeness (QED) is 0.593. The largest absolute Gasteiger partial charge is 0.497 e. The second-order valence-corrected chi connectivity index (χ2v) is 5.45. The van der Waals surface area contributed by atoms with Crippen LogP contribution in [-0.2, 0) is 0 Å². The number of nitrogens with one attached hydrogen (secondary N) is 1. The van der Waals surface area contributed by atoms with Crippen LogP contribution in [0.15, 0.2) is 54.7 Å². The van der Waals surface area contributed by atoms with Crippen LogP contribution in [0.2, 0.25) is 0 Å². The van der Waals surface area contributed by atoms with Gasteiger partial charge in [-0.3, -0.25) is 4.98 Å². The Hall–Kier alpha value is -3.68. The number of benzene rings is 1. The Morgan fingerprint density at radius 3 is 2.62 bits per heavy atom. The Morgan fingerprint density at radius 1 is 0.923 bits per heavy atom. The normalized spacial score (nSPS) is 10.7. The van der Waals surface area contributed by atoms with Crippen molar-refractivity contribution in [1.82, 2.24) is 24.8 Å². The third kappa shape index (κ3) is 3.00. The molecule has 0 saturated carbocycles. The zero-order chi connectivity index (χ0) is 17.9. The summed E-state index contributed by atoms with van der Waals surface area (Å²) in [6.45, 7) is 0. The van der Waals surface area contributed by atoms with Gasteiger partial charge in [0.1, 0.15) is 17.2 Å². The molecule has 0 atom stereocenters. The van der Waals surface area contributed by atoms with E-state index >= 15 is 0 Å². The van der Waals surface area contributed by atoms with Gasteiger partial charge in [0.05, 0.1) is 14.2 Å². The predicted molar refractivity (Wildman–Crippen MR) is 96.8 cm³/mol. The maximum absolute atomic E-state index is 5.25. The molecule has 4 aromatic rings. The Kier molecular flexibility index (Phi) is 4.06. The fourth-order valence-electron chi connectivity index (χ4n) is 2.52. The molecule has 0 aliphatic rings. The summed E-state index contributed by atoms with van der Waals surface area (Å²) < 4.78 is 12.1. The first-order valence-electron chi connectivity index (χ1n) is 7.91. The molecule has 0 spiro atoms. The van der Waals surface area contributed by atoms with E-state index in [4.69, 9.17) is 9.47 Å². The second-order valence-electron chi connectivity index (χ2n) is 5.45. The van der Waals surface area contributed by atoms with Crippen LogP contribution >= 0.6 is 0 Å². The van der Waals surface area contributed by atoms with Crippen molar-refractivity contribution in [3.8, 4) is 23.0 Å². The maximum atomic E-state index is 5.25. The van der Waals surface area contributed by atoms with Crippen LogP contribution in [0.5, 0.6) is 11.5 Å². The summed E-state index contributed by atoms with van der Waals surface area (Å²) in [5.74, 6) is 2.64. The number of rotatable bonds is 5. The Bertz CT molecular complexity index is 1060. The lowest BCUT2D eigenvalue weighted by Gasteiger charge is -2.08. The molecule has 0 aliphatic carbocycles. The van der Waals surface area contributed by atoms with Gasteiger partial charge in [0.15, 0.2) is 11.5 Å². The summed E-state index contributed by atoms with van der Waals surface area (Å²) in [5, 5.41) is 16.2. The lowest BCUT2D eigenvalue weighted by Crippen LogP contribution is -2.01. The number of pyridine rings is 1. The van der Waals surface area contributed by atoms with Gasteiger partial charge in [-0.2, -0.15) is 4.52 Å². The smallest absolute Gasteiger partial charge is 0.203 e. The van der Waals surface area contributed by atoms with Crippen LogP contribution in [0.1, 0.15) is 0 Å². The zero-order valence-electron chi connectivity index (χ0n) is 14.2. The van der Waals surface area contributed by atoms with Crippen molar-refractivity contribution in [2.75, 3.05) is 19.5 Å². The monoisotopic (exact) mass is 348 g/mol. The number of hydrogen-bond acceptors (Lipinski definition) is 7. The molecule has 4 rings (SSSR count). The van der Waals surface area contributed by atoms with Gasteiger partial charge in [-0.1, -0.05) is 6.07 Å². The molecule has 8 heteroatoms. The summed E-state index contributed by atoms with van der Waals surface area (Å²) in [6, 6.07) is 14.9. The van der Waals surface area contributed by atoms with E-state index in [1.54, 1.807) is 37.1 Å². The molecule has 0 radical (unpaired) electrons. The number of aromatic nitrogens is 5. The highest BCUT2D eigenvalue weighted by Gasteiger charge is 2.12. The molecule has 130 valence electrons. The molecule has 0 fully saturated rings. The molecule has 0 amide bonds. The molecule has 3 heterocycles. The molecule has 0 bridgehead atoms. The van der Waals surface area contributed by atoms with Crippen molar-refractivity contribution < 1.29 is 9.47 Å². The van der Waals surface area contributed by atoms with Crippen LogP contribution < -0.4 is 14.8 Å². The van der Waals surface area contributed by atoms with E-state index in [1.807, 2.05) is 36.4 Å². The number of fused-ring (bicyclic) bond motifs is 1. The minimum absolute atomic E-state index is 0.535. The van der Waals surface area contributed by atoms with E-state index in [-0.39, 0.29) is 0 Å². The van der Waals surface area contributed by atoms with E-state index in [0.29, 0.717) is 28.7 Å². The summed E-state index contributed by atoms with van der Waals surface area (Å²) >= 11 is 0. The molecule has 0 aliphatic heterocycles. The van der Waals surface area contributed by atoms with Gasteiger partial charge in [0.25, 0.3) is 0 Å². The zero-order valence-corrected chi connectivity index (χ0v) is 14.2. The van der Waals surface area contributed by atoms with Crippen LogP contribution in [-0.4, -0.2) is 39.0 Å². The lowest BCUT2D eigenvalue weighted by molar-refractivity contribution is 0.414. The van der Waals surface area contributed by atoms with Gasteiger partial charge in [-0.05, 0) is 30.3 Å². The molecule has 26 heavy (non-hydrogen) atoms. The fourth-order valence-corrected chi connectivity index (χ4v) is 2.52. The highest BCUT2D eigenvalue weighted by atomic mass is 16.5. The Balaban J connectivity index is 1.72. The van der Waals surface area contributed by atoms with E-state index < -0.39 is 0 Å². The van der Waals surface area contributed by atoms with Crippen molar-refractivity contribution in [2.24, 2.45) is 0 Å². The number of ether oxygens (including phenoxy) is 2. The molecule has 8 nitrogen and oxygen atoms in total. The van der Waals surface area contributed by atoms with Gasteiger partial charge in [0, 0.05) is 24.0 Å². The summed E-state index contributed by atoms with van der Waals surface area (Å²) in [7, 11) is 3.24. The van der Waals surface area contributed by atoms with Gasteiger partial charge < -0.3 is 14.8 Å². The first-order valence-corrected chi connectivity index (χ1v) is 7.91. The first-order chi connectivity index (χ1) is 12.8. The molecular formula is C18H16N6O2. The van der Waals surface area contributed by atoms with E-state index in [2.05, 4.69) is 25.6 Å². The van der Waals surface area contributed by atoms with Crippen molar-refractivity contribution in [1.29, 1.82) is 0 Å². The SMILES string of the molecule is COc1cccc(Nc2ccc3nnc(-c4cc(OC)ccn4)n3n2)c1. The molecule has 1 N–H and O–H groups in total. The van der Waals surface area contributed by atoms with E-state index in [9.17, 15) is 0 Å². The van der Waals surface area contributed by atoms with Crippen LogP contribution in [0.3, 0.4) is 0 Å². The minimum Gasteiger partial charge on any atom is -0.497 e. The molecule has 0 unspecified atom stereocenters. The Labute approximate surface area is 149 Å². The van der Waals surface area contributed by atoms with E-state index in [0.717, 1.165) is 11.4 Å². The predicted octanol–water partition coefficient (Wildman–Crippen LogP) is 2.95. The first kappa shape index (κ1) is 15.8. The molecule has 1 aromatic carbocycles. The van der Waals surface area contributed by atoms with Crippen LogP contribution in [0.4, 0.5) is 11.5 Å². The standard InChI is InChI=1S/C18H16N6O2/c1-25-13-5-3-4-12(10-13)20-16-6-7-17-21-22-18(24(17)23-16)15-11-14(26-2)8-9-19-15/h3-11H,1-2H3,(H,20,23). The van der Waals surface area contributed by atoms with Gasteiger partial charge in [0.2, 0.25) is 5.82 Å². The number of anilines is 2. The van der Waals surface area contributed by atoms with Crippen molar-refractivity contribution >= 4 is 17.2 Å². The average Bonchev–Trinajstić information content (AvgIpc) is 3.11. The Morgan fingerprint density at radius 2 is 1.77 bits per heavy atom. The minimum atomic E-state index is 0.535. The molecule has 0 saturated heterocycles. The van der Waals surface area contributed by atoms with Gasteiger partial charge >= 0.3 is 0 Å². The van der Waals surface area contributed by atoms with Crippen molar-refractivity contribution in [3.63, 3.8) is 0 Å². The van der Waals surface area contributed by atoms with Crippen LogP contribution in [0, 0.1) is 0 Å². The van der Waals surface area contributed by atoms with Crippen molar-refractivity contribution in [3.05, 3.63) is 54.7 Å². The average molecular weight is 348 g/mol. The third-order valence-corrected chi connectivity index (χ3v) is 3.80. The van der Waals surface area contributed by atoms with Crippen LogP contribution in [0.25, 0.3) is 17.2 Å². The topological polar surface area (TPSA) is 86.5 Å². The fraction of sp³-hybridized carbons (Fsp3) is 0.111. The number of nitrogens with zero attached hydrogens (tertiary/aromatic N) is 5. The number of hydrogen-bond donors (Lipinski definition) is 1. The molecular weight excluding hydrogens is 332 g/mol. The lowest BCUT2D eigenvalue weighted by atomic mass is 10.3. The summed E-state index contributed by atoms with van der Waals surface area (Å²) in [5.41, 5.74) is 2.12. The number of methoxy groups -OCH3 is 2.